The number of carboxylic acids is 1. The Bertz CT molecular complexity index is 480. The van der Waals surface area contributed by atoms with Crippen LogP contribution in [0.4, 0.5) is 0 Å². The van der Waals surface area contributed by atoms with Crippen molar-refractivity contribution >= 4 is 11.9 Å². The third-order valence-electron chi connectivity index (χ3n) is 6.77. The molecule has 0 aromatic heterocycles. The predicted molar refractivity (Wildman–Crippen MR) is 81.3 cm³/mol. The van der Waals surface area contributed by atoms with Crippen LogP contribution in [0.25, 0.3) is 0 Å². The number of hydrogen-bond donors (Lipinski definition) is 2. The van der Waals surface area contributed by atoms with Crippen molar-refractivity contribution in [2.24, 2.45) is 17.3 Å². The second kappa shape index (κ2) is 5.22. The van der Waals surface area contributed by atoms with Crippen LogP contribution in [0, 0.1) is 17.3 Å². The van der Waals surface area contributed by atoms with Crippen molar-refractivity contribution in [1.29, 1.82) is 0 Å². The predicted octanol–water partition coefficient (Wildman–Crippen LogP) is 1.62. The SMILES string of the molecule is O=C([C@@H]1C[C@H]2CCCC[C@H]2N1)N1C[C@@H]2CCC[C@@]2(C(=O)O)C1. The summed E-state index contributed by atoms with van der Waals surface area (Å²) < 4.78 is 0. The van der Waals surface area contributed by atoms with E-state index in [1.165, 1.54) is 25.7 Å². The van der Waals surface area contributed by atoms with Crippen molar-refractivity contribution in [2.75, 3.05) is 13.1 Å². The molecule has 0 unspecified atom stereocenters. The lowest BCUT2D eigenvalue weighted by Crippen LogP contribution is -2.46. The zero-order valence-corrected chi connectivity index (χ0v) is 13.1. The van der Waals surface area contributed by atoms with Gasteiger partial charge in [-0.25, -0.2) is 0 Å². The first-order chi connectivity index (χ1) is 10.6. The zero-order valence-electron chi connectivity index (χ0n) is 13.1. The molecule has 4 rings (SSSR count). The summed E-state index contributed by atoms with van der Waals surface area (Å²) in [4.78, 5) is 26.5. The van der Waals surface area contributed by atoms with Crippen LogP contribution < -0.4 is 5.32 Å². The molecule has 22 heavy (non-hydrogen) atoms. The number of carboxylic acid groups (broad SMARTS) is 1. The van der Waals surface area contributed by atoms with Gasteiger partial charge >= 0.3 is 5.97 Å². The number of fused-ring (bicyclic) bond motifs is 2. The fourth-order valence-corrected chi connectivity index (χ4v) is 5.54. The van der Waals surface area contributed by atoms with E-state index in [4.69, 9.17) is 0 Å². The number of hydrogen-bond acceptors (Lipinski definition) is 3. The van der Waals surface area contributed by atoms with E-state index in [1.54, 1.807) is 0 Å². The lowest BCUT2D eigenvalue weighted by atomic mass is 9.81. The van der Waals surface area contributed by atoms with Gasteiger partial charge in [0, 0.05) is 19.1 Å². The summed E-state index contributed by atoms with van der Waals surface area (Å²) in [6.45, 7) is 1.08. The van der Waals surface area contributed by atoms with E-state index in [0.717, 1.165) is 25.7 Å². The lowest BCUT2D eigenvalue weighted by Gasteiger charge is -2.25. The van der Waals surface area contributed by atoms with E-state index in [2.05, 4.69) is 5.32 Å². The van der Waals surface area contributed by atoms with Crippen LogP contribution >= 0.6 is 0 Å². The van der Waals surface area contributed by atoms with Crippen molar-refractivity contribution in [3.8, 4) is 0 Å². The van der Waals surface area contributed by atoms with Crippen LogP contribution in [-0.4, -0.2) is 47.1 Å². The lowest BCUT2D eigenvalue weighted by molar-refractivity contribution is -0.149. The van der Waals surface area contributed by atoms with Crippen LogP contribution in [0.15, 0.2) is 0 Å². The summed E-state index contributed by atoms with van der Waals surface area (Å²) in [7, 11) is 0. The molecule has 4 fully saturated rings. The molecule has 5 heteroatoms. The number of carbonyl (C=O) groups excluding carboxylic acids is 1. The molecule has 0 aromatic rings. The second-order valence-corrected chi connectivity index (χ2v) is 7.88. The Kier molecular flexibility index (Phi) is 3.44. The summed E-state index contributed by atoms with van der Waals surface area (Å²) >= 11 is 0. The van der Waals surface area contributed by atoms with Gasteiger partial charge in [-0.05, 0) is 43.9 Å². The van der Waals surface area contributed by atoms with Crippen LogP contribution in [-0.2, 0) is 9.59 Å². The number of amides is 1. The number of carbonyl (C=O) groups is 2. The van der Waals surface area contributed by atoms with Crippen molar-refractivity contribution in [3.05, 3.63) is 0 Å². The first kappa shape index (κ1) is 14.5. The van der Waals surface area contributed by atoms with Crippen molar-refractivity contribution in [2.45, 2.75) is 63.5 Å². The molecule has 2 aliphatic heterocycles. The highest BCUT2D eigenvalue weighted by molar-refractivity contribution is 5.85. The standard InChI is InChI=1S/C17H26N2O3/c20-15(14-8-11-4-1-2-6-13(11)18-14)19-9-12-5-3-7-17(12,10-19)16(21)22/h11-14,18H,1-10H2,(H,21,22)/t11-,12+,13-,14+,17-/m1/s1. The van der Waals surface area contributed by atoms with E-state index in [9.17, 15) is 14.7 Å². The van der Waals surface area contributed by atoms with Crippen molar-refractivity contribution < 1.29 is 14.7 Å². The van der Waals surface area contributed by atoms with E-state index in [-0.39, 0.29) is 17.9 Å². The molecule has 2 heterocycles. The van der Waals surface area contributed by atoms with Gasteiger partial charge in [0.25, 0.3) is 0 Å². The number of likely N-dealkylation sites (tertiary alicyclic amines) is 1. The van der Waals surface area contributed by atoms with E-state index < -0.39 is 11.4 Å². The average molecular weight is 306 g/mol. The molecule has 2 N–H and O–H groups in total. The highest BCUT2D eigenvalue weighted by Gasteiger charge is 2.56. The third kappa shape index (κ3) is 2.08. The van der Waals surface area contributed by atoms with Gasteiger partial charge in [-0.1, -0.05) is 19.3 Å². The van der Waals surface area contributed by atoms with Gasteiger partial charge in [0.15, 0.2) is 0 Å². The van der Waals surface area contributed by atoms with Crippen LogP contribution in [0.5, 0.6) is 0 Å². The first-order valence-electron chi connectivity index (χ1n) is 8.88. The molecule has 0 radical (unpaired) electrons. The number of nitrogens with one attached hydrogen (secondary N) is 1. The molecular weight excluding hydrogens is 280 g/mol. The average Bonchev–Trinajstić information content (AvgIpc) is 3.17. The minimum absolute atomic E-state index is 0.0715. The summed E-state index contributed by atoms with van der Waals surface area (Å²) in [6, 6.07) is 0.441. The van der Waals surface area contributed by atoms with E-state index in [1.807, 2.05) is 4.90 Å². The minimum atomic E-state index is -0.696. The summed E-state index contributed by atoms with van der Waals surface area (Å²) in [6.07, 6.45) is 8.62. The number of rotatable bonds is 2. The minimum Gasteiger partial charge on any atom is -0.481 e. The largest absolute Gasteiger partial charge is 0.481 e. The fraction of sp³-hybridized carbons (Fsp3) is 0.882. The maximum absolute atomic E-state index is 12.9. The molecule has 122 valence electrons. The topological polar surface area (TPSA) is 69.6 Å². The summed E-state index contributed by atoms with van der Waals surface area (Å²) in [5.41, 5.74) is -0.652. The highest BCUT2D eigenvalue weighted by Crippen LogP contribution is 2.49. The second-order valence-electron chi connectivity index (χ2n) is 7.88. The normalized spacial score (nSPS) is 43.9. The molecule has 5 nitrogen and oxygen atoms in total. The van der Waals surface area contributed by atoms with Gasteiger partial charge in [-0.2, -0.15) is 0 Å². The molecule has 4 aliphatic rings. The van der Waals surface area contributed by atoms with Gasteiger partial charge in [-0.15, -0.1) is 0 Å². The molecule has 0 aromatic carbocycles. The summed E-state index contributed by atoms with van der Waals surface area (Å²) in [5, 5.41) is 13.2. The Hall–Kier alpha value is -1.10. The molecular formula is C17H26N2O3. The molecule has 1 amide bonds. The monoisotopic (exact) mass is 306 g/mol. The molecule has 2 saturated heterocycles. The molecule has 0 spiro atoms. The van der Waals surface area contributed by atoms with Gasteiger partial charge < -0.3 is 15.3 Å². The van der Waals surface area contributed by atoms with Crippen molar-refractivity contribution in [3.63, 3.8) is 0 Å². The van der Waals surface area contributed by atoms with Crippen LogP contribution in [0.2, 0.25) is 0 Å². The Balaban J connectivity index is 1.45. The Morgan fingerprint density at radius 2 is 1.95 bits per heavy atom. The van der Waals surface area contributed by atoms with Crippen LogP contribution in [0.3, 0.4) is 0 Å². The maximum Gasteiger partial charge on any atom is 0.311 e. The number of aliphatic carboxylic acids is 1. The van der Waals surface area contributed by atoms with Gasteiger partial charge in [0.2, 0.25) is 5.91 Å². The van der Waals surface area contributed by atoms with Crippen molar-refractivity contribution in [1.82, 2.24) is 10.2 Å². The van der Waals surface area contributed by atoms with E-state index >= 15 is 0 Å². The quantitative estimate of drug-likeness (QED) is 0.813. The Morgan fingerprint density at radius 3 is 2.68 bits per heavy atom. The smallest absolute Gasteiger partial charge is 0.311 e. The molecule has 2 aliphatic carbocycles. The van der Waals surface area contributed by atoms with Crippen LogP contribution in [0.1, 0.15) is 51.4 Å². The molecule has 5 atom stereocenters. The van der Waals surface area contributed by atoms with Gasteiger partial charge in [0.1, 0.15) is 0 Å². The highest BCUT2D eigenvalue weighted by atomic mass is 16.4. The fourth-order valence-electron chi connectivity index (χ4n) is 5.54. The van der Waals surface area contributed by atoms with E-state index in [0.29, 0.717) is 25.0 Å². The zero-order chi connectivity index (χ0) is 15.3. The Labute approximate surface area is 131 Å². The maximum atomic E-state index is 12.9. The Morgan fingerprint density at radius 1 is 1.14 bits per heavy atom. The molecule has 2 saturated carbocycles. The molecule has 0 bridgehead atoms. The van der Waals surface area contributed by atoms with Gasteiger partial charge in [-0.3, -0.25) is 9.59 Å². The third-order valence-corrected chi connectivity index (χ3v) is 6.77. The number of nitrogens with zero attached hydrogens (tertiary/aromatic N) is 1. The first-order valence-corrected chi connectivity index (χ1v) is 8.88. The van der Waals surface area contributed by atoms with Gasteiger partial charge in [0.05, 0.1) is 11.5 Å². The summed E-state index contributed by atoms with van der Waals surface area (Å²) in [5.74, 6) is 0.277.